The number of hydrogen-bond donors (Lipinski definition) is 1. The summed E-state index contributed by atoms with van der Waals surface area (Å²) in [6.07, 6.45) is 1.15. The molecule has 0 spiro atoms. The molecule has 1 aliphatic heterocycles. The lowest BCUT2D eigenvalue weighted by Gasteiger charge is -2.21. The number of benzene rings is 1. The number of aliphatic carboxylic acids is 1. The third-order valence-corrected chi connectivity index (χ3v) is 3.13. The number of carboxylic acids is 1. The van der Waals surface area contributed by atoms with E-state index in [1.807, 2.05) is 0 Å². The highest BCUT2D eigenvalue weighted by Crippen LogP contribution is 2.20. The van der Waals surface area contributed by atoms with Crippen LogP contribution in [-0.2, 0) is 17.6 Å². The van der Waals surface area contributed by atoms with E-state index in [2.05, 4.69) is 0 Å². The molecule has 1 aromatic rings. The van der Waals surface area contributed by atoms with Gasteiger partial charge in [0.05, 0.1) is 0 Å². The Morgan fingerprint density at radius 3 is 2.94 bits per heavy atom. The summed E-state index contributed by atoms with van der Waals surface area (Å²) in [4.78, 5) is 12.9. The minimum atomic E-state index is -0.820. The Hall–Kier alpha value is -1.42. The van der Waals surface area contributed by atoms with Crippen LogP contribution in [0.25, 0.3) is 0 Å². The lowest BCUT2D eigenvalue weighted by atomic mass is 10.0. The summed E-state index contributed by atoms with van der Waals surface area (Å²) in [5.74, 6) is -1.07. The molecule has 1 atom stereocenters. The first kappa shape index (κ1) is 11.1. The Morgan fingerprint density at radius 1 is 1.50 bits per heavy atom. The zero-order valence-electron chi connectivity index (χ0n) is 9.11. The third kappa shape index (κ3) is 2.07. The number of fused-ring (bicyclic) bond motifs is 1. The van der Waals surface area contributed by atoms with Crippen LogP contribution in [0.3, 0.4) is 0 Å². The van der Waals surface area contributed by atoms with Crippen LogP contribution < -0.4 is 0 Å². The maximum atomic E-state index is 13.1. The normalized spacial score (nSPS) is 21.2. The van der Waals surface area contributed by atoms with Crippen molar-refractivity contribution >= 4 is 5.97 Å². The van der Waals surface area contributed by atoms with Gasteiger partial charge in [-0.3, -0.25) is 9.69 Å². The number of carboxylic acid groups (broad SMARTS) is 1. The van der Waals surface area contributed by atoms with Crippen LogP contribution in [-0.4, -0.2) is 35.6 Å². The molecule has 0 amide bonds. The fourth-order valence-electron chi connectivity index (χ4n) is 2.12. The molecular weight excluding hydrogens is 209 g/mol. The third-order valence-electron chi connectivity index (χ3n) is 3.13. The highest BCUT2D eigenvalue weighted by molar-refractivity contribution is 5.74. The van der Waals surface area contributed by atoms with Gasteiger partial charge >= 0.3 is 5.97 Å². The second-order valence-corrected chi connectivity index (χ2v) is 4.20. The molecule has 0 saturated carbocycles. The molecule has 1 aromatic carbocycles. The maximum Gasteiger partial charge on any atom is 0.321 e. The summed E-state index contributed by atoms with van der Waals surface area (Å²) in [6.45, 7) is 0.646. The number of halogens is 1. The predicted octanol–water partition coefficient (Wildman–Crippen LogP) is 1.31. The van der Waals surface area contributed by atoms with Gasteiger partial charge < -0.3 is 5.11 Å². The van der Waals surface area contributed by atoms with E-state index in [-0.39, 0.29) is 5.82 Å². The highest BCUT2D eigenvalue weighted by Gasteiger charge is 2.26. The van der Waals surface area contributed by atoms with Gasteiger partial charge in [-0.15, -0.1) is 0 Å². The Bertz CT molecular complexity index is 419. The van der Waals surface area contributed by atoms with Crippen LogP contribution in [0.1, 0.15) is 11.1 Å². The van der Waals surface area contributed by atoms with Crippen LogP contribution in [0, 0.1) is 5.82 Å². The molecule has 0 aliphatic carbocycles. The second kappa shape index (κ2) is 4.22. The van der Waals surface area contributed by atoms with E-state index in [0.29, 0.717) is 19.4 Å². The molecule has 0 bridgehead atoms. The summed E-state index contributed by atoms with van der Waals surface area (Å²) < 4.78 is 13.1. The molecule has 2 rings (SSSR count). The average molecular weight is 223 g/mol. The zero-order chi connectivity index (χ0) is 11.7. The highest BCUT2D eigenvalue weighted by atomic mass is 19.1. The van der Waals surface area contributed by atoms with E-state index in [0.717, 1.165) is 11.1 Å². The van der Waals surface area contributed by atoms with Crippen molar-refractivity contribution in [1.29, 1.82) is 0 Å². The summed E-state index contributed by atoms with van der Waals surface area (Å²) in [7, 11) is 1.79. The molecule has 86 valence electrons. The van der Waals surface area contributed by atoms with E-state index in [1.165, 1.54) is 12.1 Å². The largest absolute Gasteiger partial charge is 0.480 e. The Balaban J connectivity index is 2.34. The van der Waals surface area contributed by atoms with Crippen molar-refractivity contribution in [1.82, 2.24) is 4.90 Å². The van der Waals surface area contributed by atoms with Crippen molar-refractivity contribution in [3.63, 3.8) is 0 Å². The second-order valence-electron chi connectivity index (χ2n) is 4.20. The van der Waals surface area contributed by atoms with Gasteiger partial charge in [-0.05, 0) is 43.1 Å². The first-order chi connectivity index (χ1) is 7.58. The van der Waals surface area contributed by atoms with Gasteiger partial charge in [0.2, 0.25) is 0 Å². The molecule has 16 heavy (non-hydrogen) atoms. The molecule has 0 saturated heterocycles. The first-order valence-electron chi connectivity index (χ1n) is 5.28. The van der Waals surface area contributed by atoms with Gasteiger partial charge in [-0.25, -0.2) is 4.39 Å². The summed E-state index contributed by atoms with van der Waals surface area (Å²) in [5.41, 5.74) is 1.87. The first-order valence-corrected chi connectivity index (χ1v) is 5.28. The van der Waals surface area contributed by atoms with Gasteiger partial charge in [0.15, 0.2) is 0 Å². The van der Waals surface area contributed by atoms with Gasteiger partial charge in [0.25, 0.3) is 0 Å². The van der Waals surface area contributed by atoms with Crippen LogP contribution in [0.2, 0.25) is 0 Å². The molecule has 4 heteroatoms. The van der Waals surface area contributed by atoms with Gasteiger partial charge in [0.1, 0.15) is 11.9 Å². The summed E-state index contributed by atoms with van der Waals surface area (Å²) in [6, 6.07) is 4.09. The minimum Gasteiger partial charge on any atom is -0.480 e. The number of nitrogens with zero attached hydrogens (tertiary/aromatic N) is 1. The van der Waals surface area contributed by atoms with Crippen LogP contribution >= 0.6 is 0 Å². The fourth-order valence-corrected chi connectivity index (χ4v) is 2.12. The Morgan fingerprint density at radius 2 is 2.25 bits per heavy atom. The molecule has 0 fully saturated rings. The molecule has 0 radical (unpaired) electrons. The predicted molar refractivity (Wildman–Crippen MR) is 57.9 cm³/mol. The molecule has 1 N–H and O–H groups in total. The van der Waals surface area contributed by atoms with Crippen molar-refractivity contribution in [3.05, 3.63) is 35.1 Å². The fraction of sp³-hybridized carbons (Fsp3) is 0.417. The van der Waals surface area contributed by atoms with Crippen LogP contribution in [0.15, 0.2) is 18.2 Å². The topological polar surface area (TPSA) is 40.5 Å². The molecular formula is C12H14FNO2. The molecule has 3 nitrogen and oxygen atoms in total. The minimum absolute atomic E-state index is 0.254. The summed E-state index contributed by atoms with van der Waals surface area (Å²) in [5, 5.41) is 9.10. The maximum absolute atomic E-state index is 13.1. The molecule has 1 aliphatic rings. The molecule has 1 unspecified atom stereocenters. The van der Waals surface area contributed by atoms with Gasteiger partial charge in [-0.2, -0.15) is 0 Å². The Labute approximate surface area is 93.5 Å². The zero-order valence-corrected chi connectivity index (χ0v) is 9.11. The number of hydrogen-bond acceptors (Lipinski definition) is 2. The Kier molecular flexibility index (Phi) is 2.92. The lowest BCUT2D eigenvalue weighted by molar-refractivity contribution is -0.142. The van der Waals surface area contributed by atoms with Crippen LogP contribution in [0.5, 0.6) is 0 Å². The number of likely N-dealkylation sites (N-methyl/N-ethyl adjacent to an activating group) is 1. The number of rotatable bonds is 1. The average Bonchev–Trinajstić information content (AvgIpc) is 2.38. The van der Waals surface area contributed by atoms with Crippen molar-refractivity contribution in [3.8, 4) is 0 Å². The van der Waals surface area contributed by atoms with E-state index in [9.17, 15) is 9.18 Å². The van der Waals surface area contributed by atoms with Crippen molar-refractivity contribution in [2.75, 3.05) is 13.6 Å². The van der Waals surface area contributed by atoms with Crippen molar-refractivity contribution < 1.29 is 14.3 Å². The SMILES string of the molecule is CN1CCc2cc(F)ccc2CC1C(=O)O. The lowest BCUT2D eigenvalue weighted by Crippen LogP contribution is -2.39. The van der Waals surface area contributed by atoms with E-state index < -0.39 is 12.0 Å². The quantitative estimate of drug-likeness (QED) is 0.780. The molecule has 1 heterocycles. The number of carbonyl (C=O) groups is 1. The summed E-state index contributed by atoms with van der Waals surface area (Å²) >= 11 is 0. The van der Waals surface area contributed by atoms with E-state index in [1.54, 1.807) is 18.0 Å². The molecule has 0 aromatic heterocycles. The van der Waals surface area contributed by atoms with Crippen molar-refractivity contribution in [2.45, 2.75) is 18.9 Å². The van der Waals surface area contributed by atoms with Crippen molar-refractivity contribution in [2.24, 2.45) is 0 Å². The van der Waals surface area contributed by atoms with Crippen LogP contribution in [0.4, 0.5) is 4.39 Å². The smallest absolute Gasteiger partial charge is 0.321 e. The van der Waals surface area contributed by atoms with E-state index in [4.69, 9.17) is 5.11 Å². The monoisotopic (exact) mass is 223 g/mol. The van der Waals surface area contributed by atoms with Gasteiger partial charge in [-0.1, -0.05) is 6.07 Å². The van der Waals surface area contributed by atoms with E-state index >= 15 is 0 Å². The van der Waals surface area contributed by atoms with Gasteiger partial charge in [0, 0.05) is 6.54 Å². The standard InChI is InChI=1S/C12H14FNO2/c1-14-5-4-9-6-10(13)3-2-8(9)7-11(14)12(15)16/h2-3,6,11H,4-5,7H2,1H3,(H,15,16).